The number of hydrogen-bond donors (Lipinski definition) is 2. The van der Waals surface area contributed by atoms with Gasteiger partial charge in [-0.25, -0.2) is 4.79 Å². The minimum absolute atomic E-state index is 0.265. The molecule has 1 saturated carbocycles. The summed E-state index contributed by atoms with van der Waals surface area (Å²) in [5.41, 5.74) is 2.08. The van der Waals surface area contributed by atoms with Crippen LogP contribution >= 0.6 is 0 Å². The predicted octanol–water partition coefficient (Wildman–Crippen LogP) is 4.64. The summed E-state index contributed by atoms with van der Waals surface area (Å²) in [6.45, 7) is 4.84. The lowest BCUT2D eigenvalue weighted by Crippen LogP contribution is -2.49. The SMILES string of the molecule is CCC1CCC2(CC1)NC(=O)N(CC(=O)Nc1ccc3c(c1)c1ccccc1n3CC)C2=O. The van der Waals surface area contributed by atoms with E-state index in [4.69, 9.17) is 0 Å². The highest BCUT2D eigenvalue weighted by Crippen LogP contribution is 2.37. The van der Waals surface area contributed by atoms with Gasteiger partial charge in [0, 0.05) is 34.0 Å². The second-order valence-corrected chi connectivity index (χ2v) is 9.30. The van der Waals surface area contributed by atoms with Crippen molar-refractivity contribution in [1.29, 1.82) is 0 Å². The van der Waals surface area contributed by atoms with Crippen molar-refractivity contribution in [2.75, 3.05) is 11.9 Å². The van der Waals surface area contributed by atoms with Gasteiger partial charge in [-0.15, -0.1) is 0 Å². The third-order valence-corrected chi connectivity index (χ3v) is 7.46. The van der Waals surface area contributed by atoms with Gasteiger partial charge in [0.15, 0.2) is 0 Å². The quantitative estimate of drug-likeness (QED) is 0.560. The van der Waals surface area contributed by atoms with E-state index in [9.17, 15) is 14.4 Å². The van der Waals surface area contributed by atoms with Crippen LogP contribution in [0.1, 0.15) is 46.0 Å². The molecular weight excluding hydrogens is 416 g/mol. The summed E-state index contributed by atoms with van der Waals surface area (Å²) in [4.78, 5) is 39.5. The first-order valence-electron chi connectivity index (χ1n) is 11.9. The van der Waals surface area contributed by atoms with Crippen LogP contribution in [0.2, 0.25) is 0 Å². The van der Waals surface area contributed by atoms with Crippen molar-refractivity contribution in [3.05, 3.63) is 42.5 Å². The van der Waals surface area contributed by atoms with Crippen LogP contribution in [0.25, 0.3) is 21.8 Å². The van der Waals surface area contributed by atoms with E-state index < -0.39 is 11.6 Å². The molecular formula is C26H30N4O3. The number of urea groups is 1. The molecule has 0 radical (unpaired) electrons. The van der Waals surface area contributed by atoms with Crippen molar-refractivity contribution in [1.82, 2.24) is 14.8 Å². The average molecular weight is 447 g/mol. The van der Waals surface area contributed by atoms with Gasteiger partial charge >= 0.3 is 6.03 Å². The van der Waals surface area contributed by atoms with E-state index in [0.29, 0.717) is 24.4 Å². The Kier molecular flexibility index (Phi) is 5.35. The second kappa shape index (κ2) is 8.21. The molecule has 0 bridgehead atoms. The Morgan fingerprint density at radius 3 is 2.52 bits per heavy atom. The summed E-state index contributed by atoms with van der Waals surface area (Å²) in [6.07, 6.45) is 4.23. The van der Waals surface area contributed by atoms with E-state index in [1.165, 1.54) is 0 Å². The van der Waals surface area contributed by atoms with Crippen molar-refractivity contribution >= 4 is 45.3 Å². The molecule has 0 unspecified atom stereocenters. The zero-order valence-electron chi connectivity index (χ0n) is 19.2. The normalized spacial score (nSPS) is 23.0. The van der Waals surface area contributed by atoms with Crippen molar-refractivity contribution < 1.29 is 14.4 Å². The maximum Gasteiger partial charge on any atom is 0.325 e. The van der Waals surface area contributed by atoms with E-state index in [2.05, 4.69) is 41.2 Å². The number of aromatic nitrogens is 1. The average Bonchev–Trinajstić information content (AvgIpc) is 3.26. The van der Waals surface area contributed by atoms with Crippen LogP contribution in [0.15, 0.2) is 42.5 Å². The third kappa shape index (κ3) is 3.56. The standard InChI is InChI=1S/C26H30N4O3/c1-3-17-11-13-26(14-12-17)24(32)30(25(33)28-26)16-23(31)27-18-9-10-22-20(15-18)19-7-5-6-8-21(19)29(22)4-2/h5-10,15,17H,3-4,11-14,16H2,1-2H3,(H,27,31)(H,28,33). The molecule has 4 amide bonds. The highest BCUT2D eigenvalue weighted by Gasteiger charge is 2.52. The number of hydrogen-bond acceptors (Lipinski definition) is 3. The van der Waals surface area contributed by atoms with E-state index in [0.717, 1.165) is 52.5 Å². The van der Waals surface area contributed by atoms with Gasteiger partial charge in [0.05, 0.1) is 0 Å². The largest absolute Gasteiger partial charge is 0.341 e. The first-order valence-corrected chi connectivity index (χ1v) is 11.9. The van der Waals surface area contributed by atoms with Crippen LogP contribution in [0.3, 0.4) is 0 Å². The molecule has 1 aromatic heterocycles. The molecule has 1 aliphatic carbocycles. The molecule has 5 rings (SSSR count). The third-order valence-electron chi connectivity index (χ3n) is 7.46. The molecule has 0 atom stereocenters. The van der Waals surface area contributed by atoms with Crippen LogP contribution in [-0.2, 0) is 16.1 Å². The van der Waals surface area contributed by atoms with E-state index in [1.807, 2.05) is 30.3 Å². The van der Waals surface area contributed by atoms with Gasteiger partial charge in [0.1, 0.15) is 12.1 Å². The molecule has 2 aromatic carbocycles. The number of anilines is 1. The topological polar surface area (TPSA) is 83.4 Å². The van der Waals surface area contributed by atoms with E-state index in [-0.39, 0.29) is 18.4 Å². The number of fused-ring (bicyclic) bond motifs is 3. The first-order chi connectivity index (χ1) is 16.0. The Balaban J connectivity index is 1.33. The summed E-state index contributed by atoms with van der Waals surface area (Å²) < 4.78 is 2.25. The number of aryl methyl sites for hydroxylation is 1. The van der Waals surface area contributed by atoms with Gasteiger partial charge in [0.2, 0.25) is 5.91 Å². The minimum Gasteiger partial charge on any atom is -0.341 e. The first kappa shape index (κ1) is 21.5. The minimum atomic E-state index is -0.829. The Bertz CT molecular complexity index is 1250. The fourth-order valence-electron chi connectivity index (χ4n) is 5.55. The van der Waals surface area contributed by atoms with E-state index >= 15 is 0 Å². The van der Waals surface area contributed by atoms with Crippen LogP contribution < -0.4 is 10.6 Å². The second-order valence-electron chi connectivity index (χ2n) is 9.30. The van der Waals surface area contributed by atoms with Gasteiger partial charge in [-0.3, -0.25) is 14.5 Å². The lowest BCUT2D eigenvalue weighted by atomic mass is 9.75. The van der Waals surface area contributed by atoms with Crippen LogP contribution in [0, 0.1) is 5.92 Å². The predicted molar refractivity (Wildman–Crippen MR) is 129 cm³/mol. The number of nitrogens with one attached hydrogen (secondary N) is 2. The Morgan fingerprint density at radius 2 is 1.79 bits per heavy atom. The molecule has 2 fully saturated rings. The number of para-hydroxylation sites is 1. The molecule has 172 valence electrons. The van der Waals surface area contributed by atoms with Crippen LogP contribution in [0.4, 0.5) is 10.5 Å². The fourth-order valence-corrected chi connectivity index (χ4v) is 5.55. The van der Waals surface area contributed by atoms with Crippen molar-refractivity contribution in [2.45, 2.75) is 58.0 Å². The van der Waals surface area contributed by atoms with Crippen molar-refractivity contribution in [2.24, 2.45) is 5.92 Å². The number of amides is 4. The number of carbonyl (C=O) groups excluding carboxylic acids is 3. The smallest absolute Gasteiger partial charge is 0.325 e. The number of imide groups is 1. The molecule has 1 spiro atoms. The summed E-state index contributed by atoms with van der Waals surface area (Å²) >= 11 is 0. The molecule has 33 heavy (non-hydrogen) atoms. The summed E-state index contributed by atoms with van der Waals surface area (Å²) in [6, 6.07) is 13.6. The van der Waals surface area contributed by atoms with Gasteiger partial charge in [-0.2, -0.15) is 0 Å². The van der Waals surface area contributed by atoms with Crippen LogP contribution in [0.5, 0.6) is 0 Å². The zero-order chi connectivity index (χ0) is 23.2. The van der Waals surface area contributed by atoms with Gasteiger partial charge < -0.3 is 15.2 Å². The van der Waals surface area contributed by atoms with Crippen LogP contribution in [-0.4, -0.2) is 39.4 Å². The fraction of sp³-hybridized carbons (Fsp3) is 0.423. The molecule has 2 aliphatic rings. The molecule has 2 heterocycles. The lowest BCUT2D eigenvalue weighted by Gasteiger charge is -2.34. The number of carbonyl (C=O) groups is 3. The van der Waals surface area contributed by atoms with Gasteiger partial charge in [-0.1, -0.05) is 31.5 Å². The molecule has 7 nitrogen and oxygen atoms in total. The highest BCUT2D eigenvalue weighted by atomic mass is 16.2. The van der Waals surface area contributed by atoms with E-state index in [1.54, 1.807) is 0 Å². The summed E-state index contributed by atoms with van der Waals surface area (Å²) in [7, 11) is 0. The molecule has 3 aromatic rings. The summed E-state index contributed by atoms with van der Waals surface area (Å²) in [5.74, 6) is -0.0405. The maximum atomic E-state index is 13.1. The summed E-state index contributed by atoms with van der Waals surface area (Å²) in [5, 5.41) is 7.96. The highest BCUT2D eigenvalue weighted by molar-refractivity contribution is 6.12. The lowest BCUT2D eigenvalue weighted by molar-refractivity contribution is -0.135. The van der Waals surface area contributed by atoms with Crippen molar-refractivity contribution in [3.8, 4) is 0 Å². The monoisotopic (exact) mass is 446 g/mol. The molecule has 7 heteroatoms. The maximum absolute atomic E-state index is 13.1. The number of nitrogens with zero attached hydrogens (tertiary/aromatic N) is 2. The zero-order valence-corrected chi connectivity index (χ0v) is 19.2. The van der Waals surface area contributed by atoms with Crippen molar-refractivity contribution in [3.63, 3.8) is 0 Å². The Hall–Kier alpha value is -3.35. The number of rotatable bonds is 5. The van der Waals surface area contributed by atoms with Gasteiger partial charge in [-0.05, 0) is 62.8 Å². The Labute approximate surface area is 193 Å². The van der Waals surface area contributed by atoms with Gasteiger partial charge in [0.25, 0.3) is 5.91 Å². The molecule has 1 aliphatic heterocycles. The molecule has 1 saturated heterocycles. The Morgan fingerprint density at radius 1 is 1.06 bits per heavy atom. The molecule has 2 N–H and O–H groups in total. The number of benzene rings is 2.